The molecule has 2 aromatic carbocycles. The molecule has 2 aromatic rings. The molecule has 0 aliphatic heterocycles. The van der Waals surface area contributed by atoms with E-state index in [0.29, 0.717) is 12.0 Å². The van der Waals surface area contributed by atoms with Gasteiger partial charge >= 0.3 is 5.97 Å². The number of benzene rings is 2. The number of carboxylic acid groups (broad SMARTS) is 1. The maximum absolute atomic E-state index is 11.2. The van der Waals surface area contributed by atoms with Crippen LogP contribution in [0.3, 0.4) is 0 Å². The summed E-state index contributed by atoms with van der Waals surface area (Å²) in [4.78, 5) is 11.2. The molecule has 0 spiro atoms. The average Bonchev–Trinajstić information content (AvgIpc) is 2.28. The summed E-state index contributed by atoms with van der Waals surface area (Å²) >= 11 is 0. The number of aromatic hydroxyl groups is 1. The molecule has 0 amide bonds. The van der Waals surface area contributed by atoms with Crippen molar-refractivity contribution < 1.29 is 19.7 Å². The van der Waals surface area contributed by atoms with Crippen LogP contribution < -0.4 is 4.74 Å². The summed E-state index contributed by atoms with van der Waals surface area (Å²) in [5.74, 6) is -1.25. The molecule has 4 heteroatoms. The number of carboxylic acids is 1. The Hall–Kier alpha value is -2.23. The van der Waals surface area contributed by atoms with E-state index in [1.807, 2.05) is 19.1 Å². The SMILES string of the molecule is CCOc1cc2cc(C)ccc2c(O)c1C(=O)O. The van der Waals surface area contributed by atoms with E-state index in [4.69, 9.17) is 9.84 Å². The second kappa shape index (κ2) is 4.56. The molecule has 4 nitrogen and oxygen atoms in total. The number of fused-ring (bicyclic) bond motifs is 1. The van der Waals surface area contributed by atoms with Crippen LogP contribution in [0.5, 0.6) is 11.5 Å². The van der Waals surface area contributed by atoms with Crippen LogP contribution in [-0.2, 0) is 0 Å². The quantitative estimate of drug-likeness (QED) is 0.873. The van der Waals surface area contributed by atoms with Gasteiger partial charge in [0.1, 0.15) is 17.1 Å². The standard InChI is InChI=1S/C14H14O4/c1-3-18-11-7-9-6-8(2)4-5-10(9)13(15)12(11)14(16)17/h4-7,15H,3H2,1-2H3,(H,16,17). The van der Waals surface area contributed by atoms with Crippen LogP contribution in [0.4, 0.5) is 0 Å². The van der Waals surface area contributed by atoms with Crippen molar-refractivity contribution in [3.63, 3.8) is 0 Å². The van der Waals surface area contributed by atoms with Gasteiger partial charge in [0.2, 0.25) is 0 Å². The van der Waals surface area contributed by atoms with E-state index in [2.05, 4.69) is 0 Å². The number of aromatic carboxylic acids is 1. The van der Waals surface area contributed by atoms with E-state index in [1.54, 1.807) is 19.1 Å². The van der Waals surface area contributed by atoms with Crippen LogP contribution in [0.25, 0.3) is 10.8 Å². The van der Waals surface area contributed by atoms with Gasteiger partial charge in [-0.05, 0) is 25.3 Å². The zero-order valence-corrected chi connectivity index (χ0v) is 10.2. The molecule has 0 bridgehead atoms. The number of phenols is 1. The molecule has 0 heterocycles. The maximum atomic E-state index is 11.2. The molecular formula is C14H14O4. The van der Waals surface area contributed by atoms with Gasteiger partial charge in [0.05, 0.1) is 6.61 Å². The molecule has 0 aromatic heterocycles. The van der Waals surface area contributed by atoms with Crippen molar-refractivity contribution >= 4 is 16.7 Å². The molecule has 0 atom stereocenters. The predicted octanol–water partition coefficient (Wildman–Crippen LogP) is 2.95. The Labute approximate surface area is 104 Å². The molecule has 2 rings (SSSR count). The first kappa shape index (κ1) is 12.2. The summed E-state index contributed by atoms with van der Waals surface area (Å²) in [5, 5.41) is 20.5. The number of hydrogen-bond donors (Lipinski definition) is 2. The van der Waals surface area contributed by atoms with Crippen LogP contribution in [0.2, 0.25) is 0 Å². The minimum Gasteiger partial charge on any atom is -0.506 e. The largest absolute Gasteiger partial charge is 0.506 e. The first-order valence-electron chi connectivity index (χ1n) is 5.67. The molecule has 0 saturated heterocycles. The summed E-state index contributed by atoms with van der Waals surface area (Å²) < 4.78 is 5.29. The van der Waals surface area contributed by atoms with Crippen molar-refractivity contribution in [1.82, 2.24) is 0 Å². The number of hydrogen-bond acceptors (Lipinski definition) is 3. The third-order valence-electron chi connectivity index (χ3n) is 2.75. The van der Waals surface area contributed by atoms with Gasteiger partial charge < -0.3 is 14.9 Å². The van der Waals surface area contributed by atoms with Crippen molar-refractivity contribution in [1.29, 1.82) is 0 Å². The first-order valence-corrected chi connectivity index (χ1v) is 5.67. The van der Waals surface area contributed by atoms with Gasteiger partial charge in [-0.2, -0.15) is 0 Å². The Morgan fingerprint density at radius 1 is 1.33 bits per heavy atom. The van der Waals surface area contributed by atoms with Crippen LogP contribution in [0.1, 0.15) is 22.8 Å². The number of aryl methyl sites for hydroxylation is 1. The lowest BCUT2D eigenvalue weighted by Crippen LogP contribution is -2.03. The van der Waals surface area contributed by atoms with E-state index in [1.165, 1.54) is 0 Å². The minimum absolute atomic E-state index is 0.187. The summed E-state index contributed by atoms with van der Waals surface area (Å²) in [6.07, 6.45) is 0. The van der Waals surface area contributed by atoms with Crippen molar-refractivity contribution in [2.24, 2.45) is 0 Å². The summed E-state index contributed by atoms with van der Waals surface area (Å²) in [6, 6.07) is 7.06. The molecule has 0 unspecified atom stereocenters. The van der Waals surface area contributed by atoms with Crippen LogP contribution in [0, 0.1) is 6.92 Å². The second-order valence-corrected chi connectivity index (χ2v) is 4.06. The highest BCUT2D eigenvalue weighted by molar-refractivity contribution is 6.03. The number of ether oxygens (including phenoxy) is 1. The van der Waals surface area contributed by atoms with Crippen molar-refractivity contribution in [3.8, 4) is 11.5 Å². The summed E-state index contributed by atoms with van der Waals surface area (Å²) in [5.41, 5.74) is 0.848. The van der Waals surface area contributed by atoms with Crippen molar-refractivity contribution in [2.45, 2.75) is 13.8 Å². The molecule has 0 fully saturated rings. The van der Waals surface area contributed by atoms with Crippen molar-refractivity contribution in [2.75, 3.05) is 6.61 Å². The summed E-state index contributed by atoms with van der Waals surface area (Å²) in [6.45, 7) is 4.04. The predicted molar refractivity (Wildman–Crippen MR) is 68.5 cm³/mol. The molecule has 2 N–H and O–H groups in total. The topological polar surface area (TPSA) is 66.8 Å². The monoisotopic (exact) mass is 246 g/mol. The second-order valence-electron chi connectivity index (χ2n) is 4.06. The molecule has 0 aliphatic carbocycles. The molecule has 0 radical (unpaired) electrons. The van der Waals surface area contributed by atoms with Crippen LogP contribution >= 0.6 is 0 Å². The molecular weight excluding hydrogens is 232 g/mol. The highest BCUT2D eigenvalue weighted by atomic mass is 16.5. The number of rotatable bonds is 3. The minimum atomic E-state index is -1.20. The Bertz CT molecular complexity index is 617. The van der Waals surface area contributed by atoms with E-state index in [0.717, 1.165) is 10.9 Å². The van der Waals surface area contributed by atoms with Gasteiger partial charge in [-0.1, -0.05) is 23.8 Å². The molecule has 94 valence electrons. The fourth-order valence-corrected chi connectivity index (χ4v) is 1.96. The third kappa shape index (κ3) is 1.97. The van der Waals surface area contributed by atoms with Gasteiger partial charge in [0.25, 0.3) is 0 Å². The van der Waals surface area contributed by atoms with E-state index in [-0.39, 0.29) is 17.1 Å². The zero-order valence-electron chi connectivity index (χ0n) is 10.2. The van der Waals surface area contributed by atoms with Crippen LogP contribution in [0.15, 0.2) is 24.3 Å². The fourth-order valence-electron chi connectivity index (χ4n) is 1.96. The van der Waals surface area contributed by atoms with E-state index < -0.39 is 5.97 Å². The van der Waals surface area contributed by atoms with Crippen LogP contribution in [-0.4, -0.2) is 22.8 Å². The first-order chi connectivity index (χ1) is 8.54. The number of carbonyl (C=O) groups is 1. The fraction of sp³-hybridized carbons (Fsp3) is 0.214. The third-order valence-corrected chi connectivity index (χ3v) is 2.75. The Kier molecular flexibility index (Phi) is 3.10. The Morgan fingerprint density at radius 2 is 2.06 bits per heavy atom. The molecule has 0 aliphatic rings. The normalized spacial score (nSPS) is 10.6. The highest BCUT2D eigenvalue weighted by Crippen LogP contribution is 2.36. The highest BCUT2D eigenvalue weighted by Gasteiger charge is 2.19. The van der Waals surface area contributed by atoms with Crippen molar-refractivity contribution in [3.05, 3.63) is 35.4 Å². The molecule has 0 saturated carbocycles. The van der Waals surface area contributed by atoms with Gasteiger partial charge in [-0.3, -0.25) is 0 Å². The lowest BCUT2D eigenvalue weighted by molar-refractivity contribution is 0.0689. The van der Waals surface area contributed by atoms with Gasteiger partial charge in [0, 0.05) is 5.39 Å². The Morgan fingerprint density at radius 3 is 2.67 bits per heavy atom. The van der Waals surface area contributed by atoms with Gasteiger partial charge in [-0.15, -0.1) is 0 Å². The summed E-state index contributed by atoms with van der Waals surface area (Å²) in [7, 11) is 0. The lowest BCUT2D eigenvalue weighted by atomic mass is 10.0. The van der Waals surface area contributed by atoms with E-state index in [9.17, 15) is 9.90 Å². The zero-order chi connectivity index (χ0) is 13.3. The molecule has 18 heavy (non-hydrogen) atoms. The van der Waals surface area contributed by atoms with E-state index >= 15 is 0 Å². The average molecular weight is 246 g/mol. The van der Waals surface area contributed by atoms with Gasteiger partial charge in [-0.25, -0.2) is 4.79 Å². The smallest absolute Gasteiger partial charge is 0.343 e. The lowest BCUT2D eigenvalue weighted by Gasteiger charge is -2.12. The maximum Gasteiger partial charge on any atom is 0.343 e. The van der Waals surface area contributed by atoms with Gasteiger partial charge in [0.15, 0.2) is 0 Å². The Balaban J connectivity index is 2.80.